The summed E-state index contributed by atoms with van der Waals surface area (Å²) in [6.07, 6.45) is -0.918. The minimum atomic E-state index is -4.55. The smallest absolute Gasteiger partial charge is 0.336 e. The summed E-state index contributed by atoms with van der Waals surface area (Å²) in [6.45, 7) is 2.19. The Morgan fingerprint density at radius 2 is 1.68 bits per heavy atom. The molecule has 4 aromatic rings. The Morgan fingerprint density at radius 1 is 0.974 bits per heavy atom. The molecule has 1 aromatic carbocycles. The topological polar surface area (TPSA) is 110 Å². The lowest BCUT2D eigenvalue weighted by atomic mass is 10.2. The summed E-state index contributed by atoms with van der Waals surface area (Å²) >= 11 is 0. The summed E-state index contributed by atoms with van der Waals surface area (Å²) in [4.78, 5) is 10.9. The van der Waals surface area contributed by atoms with Crippen LogP contribution in [0.25, 0.3) is 16.7 Å². The van der Waals surface area contributed by atoms with Crippen molar-refractivity contribution in [1.29, 1.82) is 0 Å². The van der Waals surface area contributed by atoms with Gasteiger partial charge in [0.1, 0.15) is 0 Å². The van der Waals surface area contributed by atoms with E-state index in [1.165, 1.54) is 28.8 Å². The third kappa shape index (κ3) is 4.03. The summed E-state index contributed by atoms with van der Waals surface area (Å²) < 4.78 is 93.8. The number of alkyl halides is 3. The first-order valence-corrected chi connectivity index (χ1v) is 14.9. The van der Waals surface area contributed by atoms with E-state index in [-0.39, 0.29) is 29.7 Å². The number of imidazole rings is 1. The molecule has 5 heterocycles. The second-order valence-corrected chi connectivity index (χ2v) is 13.5. The molecular weight excluding hydrogens is 545 g/mol. The number of benzene rings is 1. The normalized spacial score (nSPS) is 20.8. The molecular formula is C23H23F3N6O4S2. The largest absolute Gasteiger partial charge is 0.390 e. The van der Waals surface area contributed by atoms with E-state index >= 15 is 0 Å². The molecule has 2 aliphatic heterocycles. The number of piperazine rings is 1. The van der Waals surface area contributed by atoms with E-state index in [4.69, 9.17) is 0 Å². The van der Waals surface area contributed by atoms with Gasteiger partial charge in [-0.25, -0.2) is 30.8 Å². The first-order chi connectivity index (χ1) is 17.8. The molecule has 0 amide bonds. The van der Waals surface area contributed by atoms with Crippen LogP contribution < -0.4 is 4.90 Å². The monoisotopic (exact) mass is 568 g/mol. The zero-order valence-corrected chi connectivity index (χ0v) is 21.7. The van der Waals surface area contributed by atoms with Crippen LogP contribution in [-0.4, -0.2) is 76.6 Å². The molecule has 0 aliphatic carbocycles. The molecule has 2 aliphatic rings. The van der Waals surface area contributed by atoms with Gasteiger partial charge in [0.15, 0.2) is 5.65 Å². The lowest BCUT2D eigenvalue weighted by molar-refractivity contribution is -0.130. The Morgan fingerprint density at radius 3 is 2.34 bits per heavy atom. The van der Waals surface area contributed by atoms with Gasteiger partial charge in [0, 0.05) is 31.4 Å². The van der Waals surface area contributed by atoms with Crippen LogP contribution in [-0.2, 0) is 20.0 Å². The second-order valence-electron chi connectivity index (χ2n) is 9.66. The maximum atomic E-state index is 13.3. The average molecular weight is 569 g/mol. The van der Waals surface area contributed by atoms with Gasteiger partial charge in [0.25, 0.3) is 10.0 Å². The zero-order valence-electron chi connectivity index (χ0n) is 20.1. The number of halogens is 3. The molecule has 3 aromatic heterocycles. The van der Waals surface area contributed by atoms with Gasteiger partial charge in [-0.05, 0) is 31.5 Å². The molecule has 202 valence electrons. The number of hydrogen-bond acceptors (Lipinski definition) is 7. The fourth-order valence-electron chi connectivity index (χ4n) is 5.31. The highest BCUT2D eigenvalue weighted by molar-refractivity contribution is 7.90. The van der Waals surface area contributed by atoms with Gasteiger partial charge in [-0.3, -0.25) is 4.40 Å². The highest BCUT2D eigenvalue weighted by Crippen LogP contribution is 2.37. The fourth-order valence-corrected chi connectivity index (χ4v) is 8.34. The van der Waals surface area contributed by atoms with Crippen molar-refractivity contribution in [3.63, 3.8) is 0 Å². The van der Waals surface area contributed by atoms with Crippen molar-refractivity contribution in [2.75, 3.05) is 23.7 Å². The van der Waals surface area contributed by atoms with Crippen molar-refractivity contribution < 1.29 is 30.0 Å². The van der Waals surface area contributed by atoms with Crippen LogP contribution in [0.3, 0.4) is 0 Å². The van der Waals surface area contributed by atoms with Crippen molar-refractivity contribution >= 4 is 42.7 Å². The van der Waals surface area contributed by atoms with Crippen molar-refractivity contribution in [3.8, 4) is 0 Å². The molecule has 0 N–H and O–H groups in total. The number of rotatable bonds is 6. The van der Waals surface area contributed by atoms with Crippen molar-refractivity contribution in [1.82, 2.24) is 22.6 Å². The predicted molar refractivity (Wildman–Crippen MR) is 133 cm³/mol. The van der Waals surface area contributed by atoms with E-state index in [9.17, 15) is 30.0 Å². The van der Waals surface area contributed by atoms with E-state index in [0.29, 0.717) is 23.4 Å². The molecule has 2 fully saturated rings. The van der Waals surface area contributed by atoms with Crippen LogP contribution in [0.1, 0.15) is 18.4 Å². The highest BCUT2D eigenvalue weighted by atomic mass is 32.2. The summed E-state index contributed by atoms with van der Waals surface area (Å²) in [5, 5.41) is 0. The molecule has 2 bridgehead atoms. The molecule has 15 heteroatoms. The van der Waals surface area contributed by atoms with Crippen LogP contribution in [0, 0.1) is 6.92 Å². The third-order valence-corrected chi connectivity index (χ3v) is 10.7. The van der Waals surface area contributed by atoms with E-state index in [1.807, 2.05) is 11.8 Å². The Bertz CT molecular complexity index is 1760. The van der Waals surface area contributed by atoms with E-state index < -0.39 is 44.4 Å². The molecule has 6 rings (SSSR count). The van der Waals surface area contributed by atoms with Gasteiger partial charge in [-0.2, -0.15) is 17.5 Å². The molecule has 2 atom stereocenters. The SMILES string of the molecule is Cc1ccc(S(=O)(=O)n2ccc3c2ncc2cnc(N4C[C@H]5C[C@@H]4CN5S(=O)(=O)CCC(F)(F)F)n23)cc1. The maximum Gasteiger partial charge on any atom is 0.390 e. The summed E-state index contributed by atoms with van der Waals surface area (Å²) in [6, 6.07) is 7.40. The summed E-state index contributed by atoms with van der Waals surface area (Å²) in [5.74, 6) is -0.473. The Labute approximate surface area is 216 Å². The number of aryl methyl sites for hydroxylation is 1. The van der Waals surface area contributed by atoms with E-state index in [0.717, 1.165) is 9.54 Å². The quantitative estimate of drug-likeness (QED) is 0.352. The van der Waals surface area contributed by atoms with Gasteiger partial charge in [0.2, 0.25) is 16.0 Å². The minimum absolute atomic E-state index is 0.0663. The zero-order chi connectivity index (χ0) is 27.0. The van der Waals surface area contributed by atoms with Gasteiger partial charge in [0.05, 0.1) is 40.5 Å². The lowest BCUT2D eigenvalue weighted by Crippen LogP contribution is -2.50. The van der Waals surface area contributed by atoms with Crippen molar-refractivity contribution in [2.24, 2.45) is 0 Å². The standard InChI is InChI=1S/C23H23F3N6O4S2/c1-15-2-4-19(5-3-15)38(35,36)30-8-6-20-21(30)27-11-18-12-28-22(32(18)20)29-13-17-10-16(29)14-31(17)37(33,34)9-7-23(24,25)26/h2-6,8,11-12,16-17H,7,9-10,13-14H2,1H3/t16-,17-/m1/s1. The fraction of sp³-hybridized carbons (Fsp3) is 0.391. The van der Waals surface area contributed by atoms with E-state index in [2.05, 4.69) is 9.97 Å². The van der Waals surface area contributed by atoms with Crippen LogP contribution in [0.2, 0.25) is 0 Å². The molecule has 0 radical (unpaired) electrons. The van der Waals surface area contributed by atoms with Gasteiger partial charge < -0.3 is 4.90 Å². The third-order valence-electron chi connectivity index (χ3n) is 7.16. The molecule has 38 heavy (non-hydrogen) atoms. The van der Waals surface area contributed by atoms with Crippen molar-refractivity contribution in [3.05, 3.63) is 54.5 Å². The second kappa shape index (κ2) is 8.41. The number of nitrogens with zero attached hydrogens (tertiary/aromatic N) is 6. The maximum absolute atomic E-state index is 13.3. The highest BCUT2D eigenvalue weighted by Gasteiger charge is 2.49. The minimum Gasteiger partial charge on any atom is -0.336 e. The number of sulfonamides is 1. The van der Waals surface area contributed by atoms with Crippen molar-refractivity contribution in [2.45, 2.75) is 42.9 Å². The average Bonchev–Trinajstić information content (AvgIpc) is 3.63. The summed E-state index contributed by atoms with van der Waals surface area (Å²) in [5.41, 5.74) is 2.26. The number of aromatic nitrogens is 4. The Hall–Kier alpha value is -3.17. The van der Waals surface area contributed by atoms with Crippen LogP contribution in [0.15, 0.2) is 53.8 Å². The molecule has 0 unspecified atom stereocenters. The number of hydrogen-bond donors (Lipinski definition) is 0. The molecule has 10 nitrogen and oxygen atoms in total. The molecule has 0 spiro atoms. The lowest BCUT2D eigenvalue weighted by Gasteiger charge is -2.33. The number of fused-ring (bicyclic) bond motifs is 5. The van der Waals surface area contributed by atoms with Crippen LogP contribution in [0.5, 0.6) is 0 Å². The van der Waals surface area contributed by atoms with Gasteiger partial charge in [-0.15, -0.1) is 0 Å². The molecule has 0 saturated carbocycles. The first kappa shape index (κ1) is 25.1. The number of anilines is 1. The van der Waals surface area contributed by atoms with Crippen LogP contribution >= 0.6 is 0 Å². The van der Waals surface area contributed by atoms with Gasteiger partial charge in [-0.1, -0.05) is 17.7 Å². The first-order valence-electron chi connectivity index (χ1n) is 11.8. The van der Waals surface area contributed by atoms with E-state index in [1.54, 1.807) is 28.8 Å². The molecule has 2 saturated heterocycles. The van der Waals surface area contributed by atoms with Crippen LogP contribution in [0.4, 0.5) is 19.1 Å². The van der Waals surface area contributed by atoms with Gasteiger partial charge >= 0.3 is 6.18 Å². The predicted octanol–water partition coefficient (Wildman–Crippen LogP) is 2.77. The summed E-state index contributed by atoms with van der Waals surface area (Å²) in [7, 11) is -7.97. The Balaban J connectivity index is 1.33. The Kier molecular flexibility index (Phi) is 5.56.